The molecular weight excluding hydrogens is 440 g/mol. The molecule has 3 aromatic carbocycles. The molecule has 1 heterocycles. The molecule has 0 atom stereocenters. The Morgan fingerprint density at radius 2 is 1.85 bits per heavy atom. The van der Waals surface area contributed by atoms with Gasteiger partial charge in [-0.25, -0.2) is 5.43 Å². The highest BCUT2D eigenvalue weighted by atomic mass is 35.5. The van der Waals surface area contributed by atoms with E-state index in [9.17, 15) is 4.79 Å². The van der Waals surface area contributed by atoms with Gasteiger partial charge in [-0.15, -0.1) is 0 Å². The molecule has 0 radical (unpaired) electrons. The second-order valence-corrected chi connectivity index (χ2v) is 7.49. The molecule has 0 bridgehead atoms. The van der Waals surface area contributed by atoms with Crippen molar-refractivity contribution in [1.29, 1.82) is 0 Å². The van der Waals surface area contributed by atoms with Crippen LogP contribution in [-0.2, 0) is 6.61 Å². The summed E-state index contributed by atoms with van der Waals surface area (Å²) >= 11 is 5.94. The fourth-order valence-corrected chi connectivity index (χ4v) is 3.16. The van der Waals surface area contributed by atoms with Crippen LogP contribution in [0, 0.1) is 0 Å². The molecule has 1 amide bonds. The van der Waals surface area contributed by atoms with Crippen LogP contribution >= 0.6 is 11.6 Å². The predicted molar refractivity (Wildman–Crippen MR) is 128 cm³/mol. The molecule has 0 aliphatic rings. The van der Waals surface area contributed by atoms with Gasteiger partial charge in [-0.2, -0.15) is 10.2 Å². The summed E-state index contributed by atoms with van der Waals surface area (Å²) in [5, 5.41) is 11.7. The molecule has 0 aliphatic heterocycles. The minimum atomic E-state index is -0.405. The van der Waals surface area contributed by atoms with Crippen molar-refractivity contribution in [2.45, 2.75) is 6.61 Å². The lowest BCUT2D eigenvalue weighted by Crippen LogP contribution is -2.17. The molecule has 8 heteroatoms. The number of carbonyl (C=O) groups excluding carboxylic acids is 1. The van der Waals surface area contributed by atoms with Crippen LogP contribution in [0.15, 0.2) is 84.0 Å². The molecular formula is C25H21ClN4O3. The zero-order valence-corrected chi connectivity index (χ0v) is 18.5. The normalized spacial score (nSPS) is 10.8. The van der Waals surface area contributed by atoms with Crippen LogP contribution in [0.4, 0.5) is 0 Å². The molecule has 166 valence electrons. The first-order valence-corrected chi connectivity index (χ1v) is 10.5. The number of aromatic nitrogens is 2. The number of rotatable bonds is 8. The SMILES string of the molecule is COc1ccc(/C=N/NC(=O)c2cc(-c3ccccc3OCc3ccc(Cl)cc3)n[nH]2)cc1. The molecule has 4 rings (SSSR count). The van der Waals surface area contributed by atoms with Gasteiger partial charge < -0.3 is 9.47 Å². The van der Waals surface area contributed by atoms with Gasteiger partial charge in [0.15, 0.2) is 0 Å². The summed E-state index contributed by atoms with van der Waals surface area (Å²) in [6.07, 6.45) is 1.55. The molecule has 2 N–H and O–H groups in total. The van der Waals surface area contributed by atoms with Crippen LogP contribution in [0.25, 0.3) is 11.3 Å². The number of hydrogen-bond acceptors (Lipinski definition) is 5. The van der Waals surface area contributed by atoms with Crippen molar-refractivity contribution in [2.75, 3.05) is 7.11 Å². The first kappa shape index (κ1) is 22.1. The number of amides is 1. The van der Waals surface area contributed by atoms with Crippen molar-refractivity contribution in [1.82, 2.24) is 15.6 Å². The molecule has 4 aromatic rings. The van der Waals surface area contributed by atoms with E-state index in [1.54, 1.807) is 19.4 Å². The Balaban J connectivity index is 1.41. The number of para-hydroxylation sites is 1. The molecule has 0 unspecified atom stereocenters. The molecule has 0 spiro atoms. The lowest BCUT2D eigenvalue weighted by atomic mass is 10.1. The molecule has 0 fully saturated rings. The van der Waals surface area contributed by atoms with Crippen LogP contribution in [0.2, 0.25) is 5.02 Å². The van der Waals surface area contributed by atoms with E-state index in [4.69, 9.17) is 21.1 Å². The van der Waals surface area contributed by atoms with E-state index in [2.05, 4.69) is 20.7 Å². The van der Waals surface area contributed by atoms with Crippen LogP contribution < -0.4 is 14.9 Å². The summed E-state index contributed by atoms with van der Waals surface area (Å²) in [6, 6.07) is 23.9. The second kappa shape index (κ2) is 10.5. The third kappa shape index (κ3) is 5.78. The Morgan fingerprint density at radius 3 is 2.61 bits per heavy atom. The highest BCUT2D eigenvalue weighted by Crippen LogP contribution is 2.29. The van der Waals surface area contributed by atoms with E-state index in [0.717, 1.165) is 22.4 Å². The monoisotopic (exact) mass is 460 g/mol. The summed E-state index contributed by atoms with van der Waals surface area (Å²) in [6.45, 7) is 0.381. The van der Waals surface area contributed by atoms with Crippen molar-refractivity contribution in [3.63, 3.8) is 0 Å². The zero-order valence-electron chi connectivity index (χ0n) is 17.8. The Morgan fingerprint density at radius 1 is 1.09 bits per heavy atom. The van der Waals surface area contributed by atoms with E-state index >= 15 is 0 Å². The van der Waals surface area contributed by atoms with Gasteiger partial charge in [0, 0.05) is 10.6 Å². The summed E-state index contributed by atoms with van der Waals surface area (Å²) in [4.78, 5) is 12.4. The van der Waals surface area contributed by atoms with Crippen LogP contribution in [0.5, 0.6) is 11.5 Å². The van der Waals surface area contributed by atoms with E-state index < -0.39 is 5.91 Å². The number of ether oxygens (including phenoxy) is 2. The number of nitrogens with zero attached hydrogens (tertiary/aromatic N) is 2. The van der Waals surface area contributed by atoms with Gasteiger partial charge in [-0.1, -0.05) is 35.9 Å². The average Bonchev–Trinajstić information content (AvgIpc) is 3.35. The number of hydrazone groups is 1. The van der Waals surface area contributed by atoms with Crippen molar-refractivity contribution < 1.29 is 14.3 Å². The van der Waals surface area contributed by atoms with Gasteiger partial charge in [-0.3, -0.25) is 9.89 Å². The third-order valence-corrected chi connectivity index (χ3v) is 5.04. The minimum absolute atomic E-state index is 0.282. The number of nitrogens with one attached hydrogen (secondary N) is 2. The summed E-state index contributed by atoms with van der Waals surface area (Å²) in [7, 11) is 1.60. The standard InChI is InChI=1S/C25H21ClN4O3/c1-32-20-12-8-17(9-13-20)15-27-30-25(31)23-14-22(28-29-23)21-4-2-3-5-24(21)33-16-18-6-10-19(26)11-7-18/h2-15H,16H2,1H3,(H,28,29)(H,30,31)/b27-15+. The Labute approximate surface area is 196 Å². The summed E-state index contributed by atoms with van der Waals surface area (Å²) < 4.78 is 11.1. The van der Waals surface area contributed by atoms with Gasteiger partial charge in [0.1, 0.15) is 23.8 Å². The highest BCUT2D eigenvalue weighted by molar-refractivity contribution is 6.30. The number of H-pyrrole nitrogens is 1. The fraction of sp³-hybridized carbons (Fsp3) is 0.0800. The maximum atomic E-state index is 12.4. The van der Waals surface area contributed by atoms with Crippen molar-refractivity contribution in [2.24, 2.45) is 5.10 Å². The van der Waals surface area contributed by atoms with Gasteiger partial charge in [0.2, 0.25) is 0 Å². The van der Waals surface area contributed by atoms with E-state index in [-0.39, 0.29) is 5.69 Å². The smallest absolute Gasteiger partial charge is 0.289 e. The first-order chi connectivity index (χ1) is 16.1. The molecule has 7 nitrogen and oxygen atoms in total. The Kier molecular flexibility index (Phi) is 7.02. The number of halogens is 1. The fourth-order valence-electron chi connectivity index (χ4n) is 3.04. The molecule has 1 aromatic heterocycles. The molecule has 0 saturated heterocycles. The van der Waals surface area contributed by atoms with E-state index in [0.29, 0.717) is 23.1 Å². The molecule has 0 aliphatic carbocycles. The van der Waals surface area contributed by atoms with Gasteiger partial charge in [0.05, 0.1) is 19.0 Å². The number of aromatic amines is 1. The van der Waals surface area contributed by atoms with Crippen molar-refractivity contribution >= 4 is 23.7 Å². The first-order valence-electron chi connectivity index (χ1n) is 10.1. The maximum absolute atomic E-state index is 12.4. The topological polar surface area (TPSA) is 88.6 Å². The largest absolute Gasteiger partial charge is 0.497 e. The second-order valence-electron chi connectivity index (χ2n) is 7.05. The lowest BCUT2D eigenvalue weighted by molar-refractivity contribution is 0.0950. The van der Waals surface area contributed by atoms with Gasteiger partial charge in [0.25, 0.3) is 5.91 Å². The summed E-state index contributed by atoms with van der Waals surface area (Å²) in [5.74, 6) is 1.00. The third-order valence-electron chi connectivity index (χ3n) is 4.79. The lowest BCUT2D eigenvalue weighted by Gasteiger charge is -2.10. The Hall–Kier alpha value is -4.10. The molecule has 33 heavy (non-hydrogen) atoms. The van der Waals surface area contributed by atoms with Gasteiger partial charge in [-0.05, 0) is 65.7 Å². The number of hydrogen-bond donors (Lipinski definition) is 2. The number of benzene rings is 3. The van der Waals surface area contributed by atoms with Crippen LogP contribution in [0.1, 0.15) is 21.6 Å². The highest BCUT2D eigenvalue weighted by Gasteiger charge is 2.14. The predicted octanol–water partition coefficient (Wildman–Crippen LogP) is 5.08. The maximum Gasteiger partial charge on any atom is 0.289 e. The van der Waals surface area contributed by atoms with Gasteiger partial charge >= 0.3 is 0 Å². The number of methoxy groups -OCH3 is 1. The van der Waals surface area contributed by atoms with Crippen molar-refractivity contribution in [3.8, 4) is 22.8 Å². The molecule has 0 saturated carbocycles. The van der Waals surface area contributed by atoms with Crippen molar-refractivity contribution in [3.05, 3.63) is 101 Å². The van der Waals surface area contributed by atoms with Crippen LogP contribution in [-0.4, -0.2) is 29.4 Å². The Bertz CT molecular complexity index is 1250. The average molecular weight is 461 g/mol. The zero-order chi connectivity index (χ0) is 23.0. The summed E-state index contributed by atoms with van der Waals surface area (Å²) in [5.41, 5.74) is 5.95. The number of carbonyl (C=O) groups is 1. The quantitative estimate of drug-likeness (QED) is 0.283. The minimum Gasteiger partial charge on any atom is -0.497 e. The van der Waals surface area contributed by atoms with Crippen LogP contribution in [0.3, 0.4) is 0 Å². The van der Waals surface area contributed by atoms with E-state index in [1.807, 2.05) is 72.8 Å². The van der Waals surface area contributed by atoms with E-state index in [1.165, 1.54) is 0 Å².